The van der Waals surface area contributed by atoms with E-state index in [2.05, 4.69) is 39.1 Å². The standard InChI is InChI=1S/C18H23N3O/c1-21-10-9-19-17(21)18-8-7-14(20-18)12-16(22)15(18)11-13-5-3-2-4-6-13/h2-6,9-10,14-16,20,22H,7-8,11-12H2,1H3. The third kappa shape index (κ3) is 2.09. The van der Waals surface area contributed by atoms with Crippen LogP contribution >= 0.6 is 0 Å². The molecular weight excluding hydrogens is 274 g/mol. The molecule has 0 aliphatic carbocycles. The predicted octanol–water partition coefficient (Wildman–Crippen LogP) is 1.99. The molecule has 0 spiro atoms. The highest BCUT2D eigenvalue weighted by Gasteiger charge is 2.54. The van der Waals surface area contributed by atoms with E-state index < -0.39 is 0 Å². The highest BCUT2D eigenvalue weighted by molar-refractivity contribution is 5.23. The van der Waals surface area contributed by atoms with Crippen molar-refractivity contribution in [3.05, 3.63) is 54.1 Å². The van der Waals surface area contributed by atoms with Gasteiger partial charge >= 0.3 is 0 Å². The molecule has 116 valence electrons. The van der Waals surface area contributed by atoms with Crippen molar-refractivity contribution >= 4 is 0 Å². The van der Waals surface area contributed by atoms with E-state index >= 15 is 0 Å². The fourth-order valence-corrected chi connectivity index (χ4v) is 4.48. The topological polar surface area (TPSA) is 50.1 Å². The smallest absolute Gasteiger partial charge is 0.129 e. The van der Waals surface area contributed by atoms with Crippen LogP contribution in [0.25, 0.3) is 0 Å². The van der Waals surface area contributed by atoms with Gasteiger partial charge in [0.2, 0.25) is 0 Å². The lowest BCUT2D eigenvalue weighted by Gasteiger charge is -2.44. The minimum atomic E-state index is -0.273. The summed E-state index contributed by atoms with van der Waals surface area (Å²) < 4.78 is 2.10. The van der Waals surface area contributed by atoms with E-state index in [0.717, 1.165) is 31.5 Å². The zero-order valence-electron chi connectivity index (χ0n) is 12.9. The maximum absolute atomic E-state index is 10.8. The summed E-state index contributed by atoms with van der Waals surface area (Å²) in [6.07, 6.45) is 7.50. The molecule has 0 amide bonds. The van der Waals surface area contributed by atoms with Gasteiger partial charge in [-0.1, -0.05) is 30.3 Å². The van der Waals surface area contributed by atoms with Gasteiger partial charge in [0.1, 0.15) is 5.82 Å². The molecule has 0 radical (unpaired) electrons. The Balaban J connectivity index is 1.74. The predicted molar refractivity (Wildman–Crippen MR) is 85.3 cm³/mol. The van der Waals surface area contributed by atoms with Crippen LogP contribution in [0.1, 0.15) is 30.7 Å². The average Bonchev–Trinajstić information content (AvgIpc) is 3.10. The number of benzene rings is 1. The Bertz CT molecular complexity index is 653. The normalized spacial score (nSPS) is 34.0. The number of aliphatic hydroxyl groups is 1. The summed E-state index contributed by atoms with van der Waals surface area (Å²) in [5.74, 6) is 1.23. The number of nitrogens with one attached hydrogen (secondary N) is 1. The molecule has 2 bridgehead atoms. The monoisotopic (exact) mass is 297 g/mol. The molecule has 2 fully saturated rings. The van der Waals surface area contributed by atoms with Crippen LogP contribution in [0.5, 0.6) is 0 Å². The Morgan fingerprint density at radius 1 is 1.36 bits per heavy atom. The summed E-state index contributed by atoms with van der Waals surface area (Å²) in [7, 11) is 2.05. The maximum Gasteiger partial charge on any atom is 0.129 e. The first-order valence-corrected chi connectivity index (χ1v) is 8.16. The first-order valence-electron chi connectivity index (χ1n) is 8.16. The summed E-state index contributed by atoms with van der Waals surface area (Å²) >= 11 is 0. The Labute approximate surface area is 131 Å². The summed E-state index contributed by atoms with van der Waals surface area (Å²) in [6.45, 7) is 0. The van der Waals surface area contributed by atoms with Crippen LogP contribution in [-0.2, 0) is 19.0 Å². The summed E-state index contributed by atoms with van der Waals surface area (Å²) in [4.78, 5) is 4.62. The molecular formula is C18H23N3O. The third-order valence-corrected chi connectivity index (χ3v) is 5.49. The van der Waals surface area contributed by atoms with Crippen molar-refractivity contribution in [1.29, 1.82) is 0 Å². The number of aromatic nitrogens is 2. The molecule has 1 aromatic heterocycles. The molecule has 2 aromatic rings. The molecule has 2 saturated heterocycles. The minimum Gasteiger partial charge on any atom is -0.393 e. The second-order valence-corrected chi connectivity index (χ2v) is 6.81. The SMILES string of the molecule is Cn1ccnc1C12CCC(CC(O)C1Cc1ccccc1)N2. The number of aliphatic hydroxyl groups excluding tert-OH is 1. The number of rotatable bonds is 3. The van der Waals surface area contributed by atoms with E-state index in [1.165, 1.54) is 5.56 Å². The zero-order valence-corrected chi connectivity index (χ0v) is 12.9. The van der Waals surface area contributed by atoms with Crippen molar-refractivity contribution in [2.24, 2.45) is 13.0 Å². The number of hydrogen-bond donors (Lipinski definition) is 2. The largest absolute Gasteiger partial charge is 0.393 e. The molecule has 4 unspecified atom stereocenters. The molecule has 2 aliphatic rings. The summed E-state index contributed by atoms with van der Waals surface area (Å²) in [5.41, 5.74) is 1.09. The number of fused-ring (bicyclic) bond motifs is 2. The lowest BCUT2D eigenvalue weighted by atomic mass is 9.73. The van der Waals surface area contributed by atoms with Crippen molar-refractivity contribution in [2.75, 3.05) is 0 Å². The Hall–Kier alpha value is -1.65. The fraction of sp³-hybridized carbons (Fsp3) is 0.500. The lowest BCUT2D eigenvalue weighted by molar-refractivity contribution is 0.00529. The van der Waals surface area contributed by atoms with Crippen molar-refractivity contribution in [3.63, 3.8) is 0 Å². The molecule has 4 atom stereocenters. The first kappa shape index (κ1) is 14.0. The Kier molecular flexibility index (Phi) is 3.31. The second-order valence-electron chi connectivity index (χ2n) is 6.81. The van der Waals surface area contributed by atoms with E-state index in [1.807, 2.05) is 25.5 Å². The van der Waals surface area contributed by atoms with Gasteiger partial charge in [-0.25, -0.2) is 4.98 Å². The number of piperidine rings is 1. The highest BCUT2D eigenvalue weighted by Crippen LogP contribution is 2.47. The van der Waals surface area contributed by atoms with Gasteiger partial charge in [0.15, 0.2) is 0 Å². The number of imidazole rings is 1. The van der Waals surface area contributed by atoms with Gasteiger partial charge in [0.05, 0.1) is 11.6 Å². The number of nitrogens with zero attached hydrogens (tertiary/aromatic N) is 2. The molecule has 22 heavy (non-hydrogen) atoms. The van der Waals surface area contributed by atoms with Crippen LogP contribution in [0.3, 0.4) is 0 Å². The van der Waals surface area contributed by atoms with Gasteiger partial charge in [-0.05, 0) is 31.2 Å². The van der Waals surface area contributed by atoms with E-state index in [4.69, 9.17) is 0 Å². The van der Waals surface area contributed by atoms with Gasteiger partial charge in [-0.2, -0.15) is 0 Å². The molecule has 4 rings (SSSR count). The van der Waals surface area contributed by atoms with E-state index in [1.54, 1.807) is 0 Å². The van der Waals surface area contributed by atoms with Crippen molar-refractivity contribution < 1.29 is 5.11 Å². The summed E-state index contributed by atoms with van der Waals surface area (Å²) in [5, 5.41) is 14.6. The van der Waals surface area contributed by atoms with Gasteiger partial charge < -0.3 is 15.0 Å². The van der Waals surface area contributed by atoms with Crippen LogP contribution in [0.15, 0.2) is 42.7 Å². The van der Waals surface area contributed by atoms with Crippen LogP contribution in [0.2, 0.25) is 0 Å². The van der Waals surface area contributed by atoms with E-state index in [-0.39, 0.29) is 17.6 Å². The molecule has 4 heteroatoms. The molecule has 4 nitrogen and oxygen atoms in total. The average molecular weight is 297 g/mol. The van der Waals surface area contributed by atoms with Gasteiger partial charge in [0.25, 0.3) is 0 Å². The first-order chi connectivity index (χ1) is 10.7. The van der Waals surface area contributed by atoms with Crippen molar-refractivity contribution in [2.45, 2.75) is 43.4 Å². The summed E-state index contributed by atoms with van der Waals surface area (Å²) in [6, 6.07) is 10.9. The van der Waals surface area contributed by atoms with Crippen molar-refractivity contribution in [1.82, 2.24) is 14.9 Å². The second kappa shape index (κ2) is 5.21. The Morgan fingerprint density at radius 3 is 2.91 bits per heavy atom. The Morgan fingerprint density at radius 2 is 2.18 bits per heavy atom. The fourth-order valence-electron chi connectivity index (χ4n) is 4.48. The van der Waals surface area contributed by atoms with Gasteiger partial charge in [-0.3, -0.25) is 0 Å². The molecule has 0 saturated carbocycles. The van der Waals surface area contributed by atoms with Gasteiger partial charge in [0, 0.05) is 31.4 Å². The van der Waals surface area contributed by atoms with Crippen LogP contribution in [-0.4, -0.2) is 26.8 Å². The highest BCUT2D eigenvalue weighted by atomic mass is 16.3. The van der Waals surface area contributed by atoms with Crippen molar-refractivity contribution in [3.8, 4) is 0 Å². The molecule has 2 aliphatic heterocycles. The molecule has 3 heterocycles. The lowest BCUT2D eigenvalue weighted by Crippen LogP contribution is -2.57. The van der Waals surface area contributed by atoms with Gasteiger partial charge in [-0.15, -0.1) is 0 Å². The van der Waals surface area contributed by atoms with E-state index in [9.17, 15) is 5.11 Å². The maximum atomic E-state index is 10.8. The number of aryl methyl sites for hydroxylation is 1. The van der Waals surface area contributed by atoms with Crippen LogP contribution < -0.4 is 5.32 Å². The third-order valence-electron chi connectivity index (χ3n) is 5.49. The van der Waals surface area contributed by atoms with E-state index in [0.29, 0.717) is 6.04 Å². The zero-order chi connectivity index (χ0) is 15.2. The molecule has 2 N–H and O–H groups in total. The number of hydrogen-bond acceptors (Lipinski definition) is 3. The van der Waals surface area contributed by atoms with Crippen LogP contribution in [0.4, 0.5) is 0 Å². The van der Waals surface area contributed by atoms with Crippen LogP contribution in [0, 0.1) is 5.92 Å². The molecule has 1 aromatic carbocycles. The quantitative estimate of drug-likeness (QED) is 0.911. The minimum absolute atomic E-state index is 0.162.